The summed E-state index contributed by atoms with van der Waals surface area (Å²) in [5.41, 5.74) is 1.86. The van der Waals surface area contributed by atoms with Gasteiger partial charge in [0, 0.05) is 6.42 Å². The van der Waals surface area contributed by atoms with Crippen LogP contribution in [0.2, 0.25) is 0 Å². The van der Waals surface area contributed by atoms with Gasteiger partial charge in [-0.3, -0.25) is 0 Å². The van der Waals surface area contributed by atoms with Crippen molar-refractivity contribution in [2.75, 3.05) is 13.2 Å². The van der Waals surface area contributed by atoms with E-state index in [1.54, 1.807) is 6.08 Å². The van der Waals surface area contributed by atoms with Crippen LogP contribution < -0.4 is 0 Å². The summed E-state index contributed by atoms with van der Waals surface area (Å²) in [5, 5.41) is 68.1. The molecule has 2 aliphatic heterocycles. The van der Waals surface area contributed by atoms with Crippen molar-refractivity contribution in [1.29, 1.82) is 0 Å². The summed E-state index contributed by atoms with van der Waals surface area (Å²) in [6.07, 6.45) is -0.148. The summed E-state index contributed by atoms with van der Waals surface area (Å²) in [6.45, 7) is -0.804. The minimum atomic E-state index is -1.38. The molecule has 9 heteroatoms. The number of aliphatic hydroxyl groups excluding tert-OH is 7. The van der Waals surface area contributed by atoms with Crippen molar-refractivity contribution >= 4 is 12.2 Å². The summed E-state index contributed by atoms with van der Waals surface area (Å²) >= 11 is 0. The van der Waals surface area contributed by atoms with Gasteiger partial charge in [0.2, 0.25) is 0 Å². The first-order valence-electron chi connectivity index (χ1n) is 11.2. The third kappa shape index (κ3) is 6.69. The zero-order valence-corrected chi connectivity index (χ0v) is 18.3. The minimum absolute atomic E-state index is 0.292. The van der Waals surface area contributed by atoms with Crippen molar-refractivity contribution in [2.24, 2.45) is 0 Å². The normalized spacial score (nSPS) is 37.7. The van der Waals surface area contributed by atoms with Crippen molar-refractivity contribution in [3.05, 3.63) is 47.5 Å². The second-order valence-corrected chi connectivity index (χ2v) is 8.59. The Kier molecular flexibility index (Phi) is 9.57. The van der Waals surface area contributed by atoms with Gasteiger partial charge < -0.3 is 45.2 Å². The van der Waals surface area contributed by atoms with Crippen molar-refractivity contribution in [1.82, 2.24) is 0 Å². The third-order valence-electron chi connectivity index (χ3n) is 6.12. The smallest absolute Gasteiger partial charge is 0.111 e. The largest absolute Gasteiger partial charge is 0.394 e. The maximum absolute atomic E-state index is 10.1. The molecule has 3 rings (SSSR count). The molecule has 0 aromatic heterocycles. The van der Waals surface area contributed by atoms with Crippen LogP contribution in [0.25, 0.3) is 12.2 Å². The second kappa shape index (κ2) is 12.2. The first-order chi connectivity index (χ1) is 15.8. The van der Waals surface area contributed by atoms with E-state index in [0.29, 0.717) is 19.3 Å². The average molecular weight is 467 g/mol. The van der Waals surface area contributed by atoms with E-state index >= 15 is 0 Å². The van der Waals surface area contributed by atoms with E-state index < -0.39 is 55.4 Å². The lowest BCUT2D eigenvalue weighted by Crippen LogP contribution is -2.58. The summed E-state index contributed by atoms with van der Waals surface area (Å²) < 4.78 is 11.1. The first kappa shape index (κ1) is 26.0. The fourth-order valence-electron chi connectivity index (χ4n) is 4.18. The fourth-order valence-corrected chi connectivity index (χ4v) is 4.18. The third-order valence-corrected chi connectivity index (χ3v) is 6.12. The number of rotatable bonds is 8. The summed E-state index contributed by atoms with van der Waals surface area (Å²) in [6, 6.07) is 7.70. The number of benzene rings is 1. The van der Waals surface area contributed by atoms with Gasteiger partial charge in [0.15, 0.2) is 0 Å². The van der Waals surface area contributed by atoms with Crippen molar-refractivity contribution < 1.29 is 45.2 Å². The van der Waals surface area contributed by atoms with Gasteiger partial charge in [0.1, 0.15) is 36.6 Å². The molecule has 2 saturated heterocycles. The van der Waals surface area contributed by atoms with Crippen LogP contribution in [-0.2, 0) is 9.47 Å². The van der Waals surface area contributed by atoms with Crippen LogP contribution in [0.5, 0.6) is 0 Å². The topological polar surface area (TPSA) is 160 Å². The molecule has 1 aromatic rings. The van der Waals surface area contributed by atoms with E-state index in [1.807, 2.05) is 42.5 Å². The highest BCUT2D eigenvalue weighted by Crippen LogP contribution is 2.25. The van der Waals surface area contributed by atoms with Gasteiger partial charge in [-0.2, -0.15) is 0 Å². The first-order valence-corrected chi connectivity index (χ1v) is 11.2. The molecule has 184 valence electrons. The van der Waals surface area contributed by atoms with E-state index in [2.05, 4.69) is 0 Å². The zero-order valence-electron chi connectivity index (χ0n) is 18.3. The van der Waals surface area contributed by atoms with Crippen LogP contribution in [0.3, 0.4) is 0 Å². The Morgan fingerprint density at radius 3 is 1.94 bits per heavy atom. The Morgan fingerprint density at radius 2 is 1.30 bits per heavy atom. The van der Waals surface area contributed by atoms with Crippen LogP contribution in [0.4, 0.5) is 0 Å². The molecule has 0 aliphatic carbocycles. The molecule has 2 heterocycles. The molecule has 0 spiro atoms. The molecule has 7 N–H and O–H groups in total. The quantitative estimate of drug-likeness (QED) is 0.260. The molecular formula is C24H34O9. The molecular weight excluding hydrogens is 432 g/mol. The van der Waals surface area contributed by atoms with Gasteiger partial charge in [-0.25, -0.2) is 0 Å². The Hall–Kier alpha value is -1.66. The standard InChI is InChI=1S/C24H34O9/c25-12-19-21(28)17(27)11-16(32-19)8-2-6-14-4-1-5-15(10-14)7-3-9-18-22(29)24(31)23(30)20(13-26)33-18/h1-7,10,16-31H,8-9,11-13H2/b6-2+,7-3+/t16-,17-,18-,19-,20-,21+,22-,23-,24-/m1/s1. The minimum Gasteiger partial charge on any atom is -0.394 e. The summed E-state index contributed by atoms with van der Waals surface area (Å²) in [5.74, 6) is 0. The number of hydrogen-bond acceptors (Lipinski definition) is 9. The average Bonchev–Trinajstić information content (AvgIpc) is 2.81. The SMILES string of the molecule is OC[C@H]1O[C@H](C/C=C/c2cccc(/C=C/C[C@@H]3C[C@@H](O)[C@H](O)[C@@H](CO)O3)c2)[C@@H](O)[C@@H](O)[C@@H]1O. The molecule has 0 amide bonds. The highest BCUT2D eigenvalue weighted by molar-refractivity contribution is 5.57. The van der Waals surface area contributed by atoms with E-state index in [4.69, 9.17) is 9.47 Å². The molecule has 9 atom stereocenters. The van der Waals surface area contributed by atoms with E-state index in [-0.39, 0.29) is 12.7 Å². The molecule has 0 unspecified atom stereocenters. The highest BCUT2D eigenvalue weighted by atomic mass is 16.5. The van der Waals surface area contributed by atoms with Gasteiger partial charge in [-0.15, -0.1) is 0 Å². The highest BCUT2D eigenvalue weighted by Gasteiger charge is 2.42. The van der Waals surface area contributed by atoms with Gasteiger partial charge in [-0.1, -0.05) is 42.5 Å². The van der Waals surface area contributed by atoms with Crippen LogP contribution in [0, 0.1) is 0 Å². The van der Waals surface area contributed by atoms with Crippen LogP contribution in [0.15, 0.2) is 36.4 Å². The summed E-state index contributed by atoms with van der Waals surface area (Å²) in [7, 11) is 0. The molecule has 1 aromatic carbocycles. The maximum atomic E-state index is 10.1. The lowest BCUT2D eigenvalue weighted by molar-refractivity contribution is -0.227. The molecule has 0 saturated carbocycles. The fraction of sp³-hybridized carbons (Fsp3) is 0.583. The zero-order chi connectivity index (χ0) is 24.0. The second-order valence-electron chi connectivity index (χ2n) is 8.59. The maximum Gasteiger partial charge on any atom is 0.111 e. The number of hydrogen-bond donors (Lipinski definition) is 7. The van der Waals surface area contributed by atoms with E-state index in [9.17, 15) is 35.7 Å². The predicted molar refractivity (Wildman–Crippen MR) is 120 cm³/mol. The Morgan fingerprint density at radius 1 is 0.727 bits per heavy atom. The lowest BCUT2D eigenvalue weighted by Gasteiger charge is -2.39. The molecule has 0 radical (unpaired) electrons. The predicted octanol–water partition coefficient (Wildman–Crippen LogP) is -0.793. The Balaban J connectivity index is 1.54. The molecule has 2 aliphatic rings. The van der Waals surface area contributed by atoms with Crippen LogP contribution in [-0.4, -0.2) is 104 Å². The van der Waals surface area contributed by atoms with Gasteiger partial charge in [0.05, 0.1) is 31.5 Å². The molecule has 2 fully saturated rings. The number of ether oxygens (including phenoxy) is 2. The summed E-state index contributed by atoms with van der Waals surface area (Å²) in [4.78, 5) is 0. The Labute approximate surface area is 192 Å². The van der Waals surface area contributed by atoms with Crippen LogP contribution >= 0.6 is 0 Å². The number of aliphatic hydroxyl groups is 7. The lowest BCUT2D eigenvalue weighted by atomic mass is 9.93. The van der Waals surface area contributed by atoms with Crippen LogP contribution in [0.1, 0.15) is 30.4 Å². The van der Waals surface area contributed by atoms with Crippen molar-refractivity contribution in [3.8, 4) is 0 Å². The molecule has 0 bridgehead atoms. The van der Waals surface area contributed by atoms with Gasteiger partial charge >= 0.3 is 0 Å². The van der Waals surface area contributed by atoms with E-state index in [0.717, 1.165) is 11.1 Å². The van der Waals surface area contributed by atoms with Gasteiger partial charge in [0.25, 0.3) is 0 Å². The molecule has 33 heavy (non-hydrogen) atoms. The van der Waals surface area contributed by atoms with Gasteiger partial charge in [-0.05, 0) is 30.0 Å². The van der Waals surface area contributed by atoms with E-state index in [1.165, 1.54) is 0 Å². The monoisotopic (exact) mass is 466 g/mol. The Bertz CT molecular complexity index is 796. The van der Waals surface area contributed by atoms with Crippen molar-refractivity contribution in [2.45, 2.75) is 74.2 Å². The molecule has 9 nitrogen and oxygen atoms in total. The van der Waals surface area contributed by atoms with Crippen molar-refractivity contribution in [3.63, 3.8) is 0 Å².